The van der Waals surface area contributed by atoms with Gasteiger partial charge in [-0.3, -0.25) is 9.59 Å². The third-order valence-electron chi connectivity index (χ3n) is 10.1. The Morgan fingerprint density at radius 1 is 0.467 bits per heavy atom. The van der Waals surface area contributed by atoms with Gasteiger partial charge in [-0.2, -0.15) is 0 Å². The van der Waals surface area contributed by atoms with Gasteiger partial charge in [-0.25, -0.2) is 9.59 Å². The fourth-order valence-electron chi connectivity index (χ4n) is 6.83. The van der Waals surface area contributed by atoms with E-state index in [4.69, 9.17) is 9.47 Å². The van der Waals surface area contributed by atoms with E-state index < -0.39 is 24.3 Å². The number of benzene rings is 4. The smallest absolute Gasteiger partial charge is 0.408 e. The molecule has 4 aromatic carbocycles. The minimum absolute atomic E-state index is 0.107. The van der Waals surface area contributed by atoms with Crippen LogP contribution in [0.4, 0.5) is 9.59 Å². The number of carbonyl (C=O) groups excluding carboxylic acids is 4. The molecule has 0 aromatic heterocycles. The Labute approximate surface area is 356 Å². The lowest BCUT2D eigenvalue weighted by molar-refractivity contribution is -0.125. The molecule has 0 saturated carbocycles. The molecule has 0 spiro atoms. The zero-order valence-electron chi connectivity index (χ0n) is 36.0. The van der Waals surface area contributed by atoms with Crippen molar-refractivity contribution in [2.75, 3.05) is 40.3 Å². The van der Waals surface area contributed by atoms with Gasteiger partial charge < -0.3 is 40.5 Å². The van der Waals surface area contributed by atoms with Crippen molar-refractivity contribution in [1.29, 1.82) is 0 Å². The zero-order chi connectivity index (χ0) is 43.3. The monoisotopic (exact) mass is 820 g/mol. The molecule has 4 aromatic rings. The number of hydrogen-bond donors (Lipinski definition) is 4. The van der Waals surface area contributed by atoms with E-state index in [1.54, 1.807) is 0 Å². The summed E-state index contributed by atoms with van der Waals surface area (Å²) in [5.74, 6) is -0.901. The van der Waals surface area contributed by atoms with Crippen molar-refractivity contribution in [3.8, 4) is 0 Å². The molecule has 4 amide bonds. The van der Waals surface area contributed by atoms with E-state index in [2.05, 4.69) is 31.1 Å². The van der Waals surface area contributed by atoms with E-state index in [-0.39, 0.29) is 48.9 Å². The second-order valence-electron chi connectivity index (χ2n) is 16.2. The lowest BCUT2D eigenvalue weighted by Crippen LogP contribution is -2.55. The van der Waals surface area contributed by atoms with Crippen molar-refractivity contribution in [3.05, 3.63) is 144 Å². The first-order valence-electron chi connectivity index (χ1n) is 20.9. The number of alkyl carbamates (subject to hydrolysis) is 2. The molecule has 4 N–H and O–H groups in total. The topological polar surface area (TPSA) is 141 Å². The van der Waals surface area contributed by atoms with Crippen LogP contribution in [0.25, 0.3) is 0 Å². The molecule has 0 aliphatic heterocycles. The fraction of sp³-hybridized carbons (Fsp3) is 0.417. The van der Waals surface area contributed by atoms with E-state index in [1.165, 1.54) is 0 Å². The Kier molecular flexibility index (Phi) is 19.6. The average molecular weight is 821 g/mol. The van der Waals surface area contributed by atoms with E-state index >= 15 is 0 Å². The van der Waals surface area contributed by atoms with Crippen LogP contribution in [0.15, 0.2) is 121 Å². The predicted molar refractivity (Wildman–Crippen MR) is 236 cm³/mol. The van der Waals surface area contributed by atoms with Crippen molar-refractivity contribution in [1.82, 2.24) is 31.1 Å². The summed E-state index contributed by atoms with van der Waals surface area (Å²) in [6.07, 6.45) is -0.0869. The first kappa shape index (κ1) is 47.0. The molecule has 0 unspecified atom stereocenters. The van der Waals surface area contributed by atoms with E-state index in [0.717, 1.165) is 22.3 Å². The second kappa shape index (κ2) is 25.0. The molecule has 0 aliphatic carbocycles. The van der Waals surface area contributed by atoms with Gasteiger partial charge in [0.2, 0.25) is 11.8 Å². The Morgan fingerprint density at radius 2 is 0.767 bits per heavy atom. The van der Waals surface area contributed by atoms with Crippen LogP contribution in [0, 0.1) is 11.8 Å². The Morgan fingerprint density at radius 3 is 1.07 bits per heavy atom. The van der Waals surface area contributed by atoms with Gasteiger partial charge in [0.25, 0.3) is 0 Å². The van der Waals surface area contributed by atoms with Crippen LogP contribution in [-0.2, 0) is 45.1 Å². The maximum Gasteiger partial charge on any atom is 0.408 e. The summed E-state index contributed by atoms with van der Waals surface area (Å²) < 4.78 is 10.9. The number of rotatable bonds is 23. The summed E-state index contributed by atoms with van der Waals surface area (Å²) in [5.41, 5.74) is 3.89. The zero-order valence-corrected chi connectivity index (χ0v) is 36.0. The van der Waals surface area contributed by atoms with Gasteiger partial charge in [0.05, 0.1) is 0 Å². The summed E-state index contributed by atoms with van der Waals surface area (Å²) >= 11 is 0. The molecular weight excluding hydrogens is 757 g/mol. The molecule has 0 bridgehead atoms. The lowest BCUT2D eigenvalue weighted by atomic mass is 10.0. The summed E-state index contributed by atoms with van der Waals surface area (Å²) in [6, 6.07) is 36.8. The highest BCUT2D eigenvalue weighted by Crippen LogP contribution is 2.11. The standard InChI is InChI=1S/C48H64N6O6/c1-35(2)43(51-47(57)59-33-39-23-15-9-16-24-39)45(55)49-41(29-37-19-11-7-12-20-37)31-53(5)27-28-54(6)32-42(30-38-21-13-8-14-22-38)50-46(56)44(36(3)4)52-48(58)60-34-40-25-17-10-18-26-40/h7-26,35-36,41-44H,27-34H2,1-6H3,(H,49,55)(H,50,56)(H,51,57)(H,52,58)/t41-,42-,43-,44+/m0/s1. The van der Waals surface area contributed by atoms with E-state index in [0.29, 0.717) is 39.0 Å². The van der Waals surface area contributed by atoms with Crippen LogP contribution in [0.1, 0.15) is 49.9 Å². The van der Waals surface area contributed by atoms with Crippen molar-refractivity contribution in [3.63, 3.8) is 0 Å². The molecule has 0 saturated heterocycles. The maximum atomic E-state index is 13.8. The van der Waals surface area contributed by atoms with Crippen LogP contribution in [-0.4, -0.2) is 98.2 Å². The molecule has 4 rings (SSSR count). The number of ether oxygens (including phenoxy) is 2. The van der Waals surface area contributed by atoms with Crippen molar-refractivity contribution >= 4 is 24.0 Å². The van der Waals surface area contributed by atoms with Gasteiger partial charge in [0.15, 0.2) is 0 Å². The van der Waals surface area contributed by atoms with Crippen LogP contribution in [0.2, 0.25) is 0 Å². The fourth-order valence-corrected chi connectivity index (χ4v) is 6.83. The van der Waals surface area contributed by atoms with E-state index in [1.807, 2.05) is 163 Å². The van der Waals surface area contributed by atoms with Gasteiger partial charge in [0, 0.05) is 38.3 Å². The first-order valence-corrected chi connectivity index (χ1v) is 20.9. The van der Waals surface area contributed by atoms with Crippen molar-refractivity contribution in [2.45, 2.75) is 77.9 Å². The highest BCUT2D eigenvalue weighted by molar-refractivity contribution is 5.86. The predicted octanol–water partition coefficient (Wildman–Crippen LogP) is 6.21. The molecule has 4 atom stereocenters. The largest absolute Gasteiger partial charge is 0.445 e. The van der Waals surface area contributed by atoms with Crippen LogP contribution < -0.4 is 21.3 Å². The minimum atomic E-state index is -0.787. The normalized spacial score (nSPS) is 13.3. The molecule has 0 radical (unpaired) electrons. The molecular formula is C48H64N6O6. The minimum Gasteiger partial charge on any atom is -0.445 e. The number of nitrogens with one attached hydrogen (secondary N) is 4. The molecule has 0 heterocycles. The number of likely N-dealkylation sites (N-methyl/N-ethyl adjacent to an activating group) is 2. The van der Waals surface area contributed by atoms with Crippen LogP contribution in [0.3, 0.4) is 0 Å². The number of nitrogens with zero attached hydrogens (tertiary/aromatic N) is 2. The third-order valence-corrected chi connectivity index (χ3v) is 10.1. The van der Waals surface area contributed by atoms with E-state index in [9.17, 15) is 19.2 Å². The van der Waals surface area contributed by atoms with Gasteiger partial charge in [-0.1, -0.05) is 149 Å². The maximum absolute atomic E-state index is 13.8. The Hall–Kier alpha value is -5.72. The number of hydrogen-bond acceptors (Lipinski definition) is 8. The van der Waals surface area contributed by atoms with Gasteiger partial charge in [-0.05, 0) is 61.0 Å². The van der Waals surface area contributed by atoms with Crippen molar-refractivity contribution < 1.29 is 28.7 Å². The van der Waals surface area contributed by atoms with Gasteiger partial charge in [-0.15, -0.1) is 0 Å². The van der Waals surface area contributed by atoms with Gasteiger partial charge >= 0.3 is 12.2 Å². The molecule has 60 heavy (non-hydrogen) atoms. The Balaban J connectivity index is 1.35. The van der Waals surface area contributed by atoms with Gasteiger partial charge in [0.1, 0.15) is 25.3 Å². The quantitative estimate of drug-likeness (QED) is 0.0693. The number of carbonyl (C=O) groups is 4. The first-order chi connectivity index (χ1) is 28.9. The molecule has 12 heteroatoms. The summed E-state index contributed by atoms with van der Waals surface area (Å²) in [5, 5.41) is 12.0. The second-order valence-corrected chi connectivity index (χ2v) is 16.2. The third kappa shape index (κ3) is 17.2. The highest BCUT2D eigenvalue weighted by atomic mass is 16.6. The molecule has 322 valence electrons. The van der Waals surface area contributed by atoms with Crippen molar-refractivity contribution in [2.24, 2.45) is 11.8 Å². The summed E-state index contributed by atoms with van der Waals surface area (Å²) in [4.78, 5) is 57.5. The number of amides is 4. The molecule has 0 fully saturated rings. The summed E-state index contributed by atoms with van der Waals surface area (Å²) in [6.45, 7) is 10.3. The lowest BCUT2D eigenvalue weighted by Gasteiger charge is -2.31. The average Bonchev–Trinajstić information content (AvgIpc) is 3.23. The molecule has 12 nitrogen and oxygen atoms in total. The molecule has 0 aliphatic rings. The van der Waals surface area contributed by atoms with Crippen LogP contribution >= 0.6 is 0 Å². The highest BCUT2D eigenvalue weighted by Gasteiger charge is 2.29. The Bertz CT molecular complexity index is 1730. The summed E-state index contributed by atoms with van der Waals surface area (Å²) in [7, 11) is 4.05. The SMILES string of the molecule is CC(C)[C@H](NC(=O)OCc1ccccc1)C(=O)N[C@@H](Cc1ccccc1)CN(C)CCN(C)C[C@H](Cc1ccccc1)NC(=O)[C@H](NC(=O)OCc1ccccc1)C(C)C. The van der Waals surface area contributed by atoms with Crippen LogP contribution in [0.5, 0.6) is 0 Å².